The number of H-pyrrole nitrogens is 2. The SMILES string of the molecule is C/C=C/c1nc(Nc2cc(C)nc(Oc3ccc4[nH]c(C)cc4c3F)n2)n[nH]1. The van der Waals surface area contributed by atoms with Crippen LogP contribution in [0.5, 0.6) is 11.8 Å². The topological polar surface area (TPSA) is 104 Å². The van der Waals surface area contributed by atoms with Crippen LogP contribution < -0.4 is 10.1 Å². The van der Waals surface area contributed by atoms with E-state index in [1.54, 1.807) is 37.3 Å². The highest BCUT2D eigenvalue weighted by Gasteiger charge is 2.14. The molecule has 3 aromatic heterocycles. The van der Waals surface area contributed by atoms with E-state index in [9.17, 15) is 4.39 Å². The summed E-state index contributed by atoms with van der Waals surface area (Å²) in [5.74, 6) is 0.993. The van der Waals surface area contributed by atoms with Crippen LogP contribution >= 0.6 is 0 Å². The Bertz CT molecular complexity index is 1180. The Hall–Kier alpha value is -3.75. The highest BCUT2D eigenvalue weighted by molar-refractivity contribution is 5.82. The lowest BCUT2D eigenvalue weighted by Crippen LogP contribution is -2.01. The molecule has 0 atom stereocenters. The number of aromatic nitrogens is 6. The number of ether oxygens (including phenoxy) is 1. The van der Waals surface area contributed by atoms with E-state index in [1.807, 2.05) is 19.9 Å². The zero-order valence-electron chi connectivity index (χ0n) is 15.5. The Balaban J connectivity index is 1.61. The lowest BCUT2D eigenvalue weighted by molar-refractivity contribution is 0.413. The van der Waals surface area contributed by atoms with Crippen molar-refractivity contribution in [3.8, 4) is 11.8 Å². The Morgan fingerprint density at radius 2 is 2.00 bits per heavy atom. The van der Waals surface area contributed by atoms with Crippen LogP contribution in [0.15, 0.2) is 30.3 Å². The van der Waals surface area contributed by atoms with Crippen molar-refractivity contribution in [2.45, 2.75) is 20.8 Å². The van der Waals surface area contributed by atoms with E-state index in [0.29, 0.717) is 34.2 Å². The molecule has 0 spiro atoms. The largest absolute Gasteiger partial charge is 0.421 e. The zero-order chi connectivity index (χ0) is 19.7. The third-order valence-corrected chi connectivity index (χ3v) is 3.94. The Morgan fingerprint density at radius 1 is 1.14 bits per heavy atom. The zero-order valence-corrected chi connectivity index (χ0v) is 15.5. The fourth-order valence-corrected chi connectivity index (χ4v) is 2.79. The van der Waals surface area contributed by atoms with Crippen LogP contribution in [-0.2, 0) is 0 Å². The van der Waals surface area contributed by atoms with Crippen LogP contribution in [0.2, 0.25) is 0 Å². The number of nitrogens with one attached hydrogen (secondary N) is 3. The lowest BCUT2D eigenvalue weighted by atomic mass is 10.2. The van der Waals surface area contributed by atoms with Crippen molar-refractivity contribution in [1.82, 2.24) is 30.1 Å². The quantitative estimate of drug-likeness (QED) is 0.475. The van der Waals surface area contributed by atoms with Crippen molar-refractivity contribution in [1.29, 1.82) is 0 Å². The smallest absolute Gasteiger partial charge is 0.324 e. The molecule has 0 bridgehead atoms. The molecule has 9 heteroatoms. The van der Waals surface area contributed by atoms with Gasteiger partial charge in [0.1, 0.15) is 11.6 Å². The second kappa shape index (κ2) is 7.10. The third kappa shape index (κ3) is 3.54. The van der Waals surface area contributed by atoms with Crippen LogP contribution in [0.25, 0.3) is 17.0 Å². The molecule has 0 amide bonds. The molecular formula is C19H18FN7O. The summed E-state index contributed by atoms with van der Waals surface area (Å²) < 4.78 is 20.4. The number of benzene rings is 1. The summed E-state index contributed by atoms with van der Waals surface area (Å²) in [5, 5.41) is 10.3. The molecule has 0 aliphatic rings. The molecular weight excluding hydrogens is 361 g/mol. The van der Waals surface area contributed by atoms with E-state index in [2.05, 4.69) is 35.5 Å². The molecule has 0 unspecified atom stereocenters. The molecule has 0 aliphatic carbocycles. The molecule has 0 fully saturated rings. The lowest BCUT2D eigenvalue weighted by Gasteiger charge is -2.08. The second-order valence-corrected chi connectivity index (χ2v) is 6.24. The fraction of sp³-hybridized carbons (Fsp3) is 0.158. The minimum Gasteiger partial charge on any atom is -0.421 e. The Labute approximate surface area is 159 Å². The molecule has 142 valence electrons. The highest BCUT2D eigenvalue weighted by atomic mass is 19.1. The average Bonchev–Trinajstić information content (AvgIpc) is 3.23. The molecule has 8 nitrogen and oxygen atoms in total. The first kappa shape index (κ1) is 17.7. The van der Waals surface area contributed by atoms with Crippen molar-refractivity contribution in [2.24, 2.45) is 0 Å². The van der Waals surface area contributed by atoms with Crippen molar-refractivity contribution in [3.63, 3.8) is 0 Å². The Kier molecular flexibility index (Phi) is 4.48. The van der Waals surface area contributed by atoms with E-state index < -0.39 is 5.82 Å². The van der Waals surface area contributed by atoms with Gasteiger partial charge < -0.3 is 15.0 Å². The van der Waals surface area contributed by atoms with E-state index >= 15 is 0 Å². The van der Waals surface area contributed by atoms with Gasteiger partial charge in [0.05, 0.1) is 0 Å². The maximum atomic E-state index is 14.7. The predicted octanol–water partition coefficient (Wildman–Crippen LogP) is 4.40. The number of hydrogen-bond donors (Lipinski definition) is 3. The first-order valence-electron chi connectivity index (χ1n) is 8.65. The van der Waals surface area contributed by atoms with Crippen molar-refractivity contribution >= 4 is 28.7 Å². The minimum absolute atomic E-state index is 0.0252. The maximum absolute atomic E-state index is 14.7. The number of anilines is 2. The van der Waals surface area contributed by atoms with Gasteiger partial charge in [-0.25, -0.2) is 9.37 Å². The number of rotatable bonds is 5. The van der Waals surface area contributed by atoms with Gasteiger partial charge in [-0.2, -0.15) is 9.97 Å². The molecule has 0 aliphatic heterocycles. The van der Waals surface area contributed by atoms with Crippen LogP contribution in [0, 0.1) is 19.7 Å². The molecule has 28 heavy (non-hydrogen) atoms. The number of aromatic amines is 2. The molecule has 0 saturated heterocycles. The number of hydrogen-bond acceptors (Lipinski definition) is 6. The van der Waals surface area contributed by atoms with Gasteiger partial charge in [-0.05, 0) is 45.0 Å². The van der Waals surface area contributed by atoms with Crippen LogP contribution in [0.3, 0.4) is 0 Å². The second-order valence-electron chi connectivity index (χ2n) is 6.24. The molecule has 1 aromatic carbocycles. The number of fused-ring (bicyclic) bond motifs is 1. The van der Waals surface area contributed by atoms with Crippen molar-refractivity contribution in [2.75, 3.05) is 5.32 Å². The van der Waals surface area contributed by atoms with Gasteiger partial charge in [-0.3, -0.25) is 5.10 Å². The van der Waals surface area contributed by atoms with Gasteiger partial charge in [-0.15, -0.1) is 5.10 Å². The molecule has 4 rings (SSSR count). The van der Waals surface area contributed by atoms with Gasteiger partial charge in [-0.1, -0.05) is 6.08 Å². The van der Waals surface area contributed by atoms with Crippen LogP contribution in [0.1, 0.15) is 24.1 Å². The summed E-state index contributed by atoms with van der Waals surface area (Å²) in [6, 6.07) is 6.77. The number of halogens is 1. The first-order valence-corrected chi connectivity index (χ1v) is 8.65. The summed E-state index contributed by atoms with van der Waals surface area (Å²) in [7, 11) is 0. The highest BCUT2D eigenvalue weighted by Crippen LogP contribution is 2.30. The van der Waals surface area contributed by atoms with Gasteiger partial charge in [0.2, 0.25) is 5.95 Å². The summed E-state index contributed by atoms with van der Waals surface area (Å²) in [4.78, 5) is 15.8. The molecule has 0 radical (unpaired) electrons. The number of allylic oxidation sites excluding steroid dienone is 1. The van der Waals surface area contributed by atoms with Gasteiger partial charge in [0.25, 0.3) is 0 Å². The average molecular weight is 379 g/mol. The molecule has 4 aromatic rings. The van der Waals surface area contributed by atoms with Crippen molar-refractivity contribution < 1.29 is 9.13 Å². The minimum atomic E-state index is -0.466. The fourth-order valence-electron chi connectivity index (χ4n) is 2.79. The molecule has 3 heterocycles. The normalized spacial score (nSPS) is 11.4. The number of nitrogens with zero attached hydrogens (tertiary/aromatic N) is 4. The summed E-state index contributed by atoms with van der Waals surface area (Å²) in [6.45, 7) is 5.54. The first-order chi connectivity index (χ1) is 13.5. The monoisotopic (exact) mass is 379 g/mol. The van der Waals surface area contributed by atoms with E-state index in [0.717, 1.165) is 5.69 Å². The van der Waals surface area contributed by atoms with E-state index in [4.69, 9.17) is 4.74 Å². The maximum Gasteiger partial charge on any atom is 0.324 e. The van der Waals surface area contributed by atoms with Crippen molar-refractivity contribution in [3.05, 3.63) is 53.4 Å². The summed E-state index contributed by atoms with van der Waals surface area (Å²) >= 11 is 0. The summed E-state index contributed by atoms with van der Waals surface area (Å²) in [6.07, 6.45) is 3.64. The van der Waals surface area contributed by atoms with Gasteiger partial charge >= 0.3 is 6.01 Å². The standard InChI is InChI=1S/C19H18FN7O/c1-4-5-15-23-18(27-26-15)24-16-9-11(3)22-19(25-16)28-14-7-6-13-12(17(14)20)8-10(2)21-13/h4-9,21H,1-3H3,(H2,22,23,24,25,26,27)/b5-4+. The summed E-state index contributed by atoms with van der Waals surface area (Å²) in [5.41, 5.74) is 2.22. The van der Waals surface area contributed by atoms with Gasteiger partial charge in [0.15, 0.2) is 11.6 Å². The molecule has 0 saturated carbocycles. The third-order valence-electron chi connectivity index (χ3n) is 3.94. The molecule has 3 N–H and O–H groups in total. The van der Waals surface area contributed by atoms with E-state index in [1.165, 1.54) is 0 Å². The predicted molar refractivity (Wildman–Crippen MR) is 104 cm³/mol. The Morgan fingerprint density at radius 3 is 2.82 bits per heavy atom. The van der Waals surface area contributed by atoms with Gasteiger partial charge in [0, 0.05) is 28.4 Å². The van der Waals surface area contributed by atoms with Crippen LogP contribution in [-0.4, -0.2) is 30.1 Å². The van der Waals surface area contributed by atoms with E-state index in [-0.39, 0.29) is 11.8 Å². The number of aryl methyl sites for hydroxylation is 2. The van der Waals surface area contributed by atoms with Crippen LogP contribution in [0.4, 0.5) is 16.2 Å².